The minimum absolute atomic E-state index is 0.00195. The van der Waals surface area contributed by atoms with Crippen molar-refractivity contribution in [3.05, 3.63) is 89.9 Å². The zero-order valence-corrected chi connectivity index (χ0v) is 16.4. The molecule has 9 heteroatoms. The van der Waals surface area contributed by atoms with E-state index >= 15 is 0 Å². The molecule has 1 fully saturated rings. The lowest BCUT2D eigenvalue weighted by molar-refractivity contribution is -0.123. The van der Waals surface area contributed by atoms with Gasteiger partial charge in [-0.25, -0.2) is 10.9 Å². The Morgan fingerprint density at radius 2 is 1.71 bits per heavy atom. The Morgan fingerprint density at radius 3 is 2.48 bits per heavy atom. The van der Waals surface area contributed by atoms with Gasteiger partial charge < -0.3 is 9.73 Å². The van der Waals surface area contributed by atoms with E-state index in [0.717, 1.165) is 5.56 Å². The molecule has 4 rings (SSSR count). The van der Waals surface area contributed by atoms with Crippen LogP contribution in [0.3, 0.4) is 0 Å². The number of benzene rings is 2. The van der Waals surface area contributed by atoms with Gasteiger partial charge in [0.1, 0.15) is 6.04 Å². The summed E-state index contributed by atoms with van der Waals surface area (Å²) < 4.78 is 5.04. The summed E-state index contributed by atoms with van der Waals surface area (Å²) in [7, 11) is 0. The van der Waals surface area contributed by atoms with Crippen LogP contribution >= 0.6 is 0 Å². The Kier molecular flexibility index (Phi) is 6.06. The summed E-state index contributed by atoms with van der Waals surface area (Å²) in [6.45, 7) is 0. The SMILES string of the molecule is O=C(NNC(=O)C1CC(c2ccccc2)NN1)c1cccc(NC(=O)c2ccco2)c1. The third-order valence-electron chi connectivity index (χ3n) is 4.85. The van der Waals surface area contributed by atoms with E-state index in [-0.39, 0.29) is 23.3 Å². The average Bonchev–Trinajstić information content (AvgIpc) is 3.51. The van der Waals surface area contributed by atoms with Crippen LogP contribution in [0.25, 0.3) is 0 Å². The highest BCUT2D eigenvalue weighted by molar-refractivity contribution is 6.03. The average molecular weight is 419 g/mol. The van der Waals surface area contributed by atoms with Gasteiger partial charge in [0.15, 0.2) is 5.76 Å². The Labute approximate surface area is 178 Å². The number of hydrazine groups is 2. The summed E-state index contributed by atoms with van der Waals surface area (Å²) in [5.74, 6) is -1.13. The molecule has 9 nitrogen and oxygen atoms in total. The van der Waals surface area contributed by atoms with Crippen LogP contribution < -0.4 is 27.0 Å². The monoisotopic (exact) mass is 419 g/mol. The lowest BCUT2D eigenvalue weighted by Crippen LogP contribution is -2.50. The predicted molar refractivity (Wildman–Crippen MR) is 113 cm³/mol. The molecule has 1 aliphatic heterocycles. The largest absolute Gasteiger partial charge is 0.459 e. The minimum Gasteiger partial charge on any atom is -0.459 e. The fraction of sp³-hybridized carbons (Fsp3) is 0.136. The van der Waals surface area contributed by atoms with E-state index in [9.17, 15) is 14.4 Å². The van der Waals surface area contributed by atoms with Crippen LogP contribution in [0.15, 0.2) is 77.4 Å². The van der Waals surface area contributed by atoms with Crippen LogP contribution in [0.2, 0.25) is 0 Å². The van der Waals surface area contributed by atoms with Crippen molar-refractivity contribution in [3.63, 3.8) is 0 Å². The molecular weight excluding hydrogens is 398 g/mol. The van der Waals surface area contributed by atoms with E-state index in [1.807, 2.05) is 30.3 Å². The summed E-state index contributed by atoms with van der Waals surface area (Å²) in [5, 5.41) is 2.65. The molecule has 0 radical (unpaired) electrons. The summed E-state index contributed by atoms with van der Waals surface area (Å²) in [4.78, 5) is 36.9. The molecule has 2 atom stereocenters. The van der Waals surface area contributed by atoms with Crippen molar-refractivity contribution in [2.24, 2.45) is 0 Å². The lowest BCUT2D eigenvalue weighted by Gasteiger charge is -2.12. The maximum absolute atomic E-state index is 12.4. The fourth-order valence-electron chi connectivity index (χ4n) is 3.25. The summed E-state index contributed by atoms with van der Waals surface area (Å²) >= 11 is 0. The number of rotatable bonds is 5. The van der Waals surface area contributed by atoms with E-state index < -0.39 is 17.9 Å². The molecule has 2 unspecified atom stereocenters. The summed E-state index contributed by atoms with van der Waals surface area (Å²) in [5.41, 5.74) is 12.6. The maximum atomic E-state index is 12.4. The fourth-order valence-corrected chi connectivity index (χ4v) is 3.25. The van der Waals surface area contributed by atoms with E-state index in [1.165, 1.54) is 18.4 Å². The topological polar surface area (TPSA) is 125 Å². The first-order valence-electron chi connectivity index (χ1n) is 9.71. The zero-order chi connectivity index (χ0) is 21.6. The molecule has 3 aromatic rings. The molecule has 0 saturated carbocycles. The van der Waals surface area contributed by atoms with Crippen molar-refractivity contribution in [2.75, 3.05) is 5.32 Å². The highest BCUT2D eigenvalue weighted by Gasteiger charge is 2.30. The molecule has 0 spiro atoms. The maximum Gasteiger partial charge on any atom is 0.291 e. The molecule has 0 bridgehead atoms. The predicted octanol–water partition coefficient (Wildman–Crippen LogP) is 1.90. The lowest BCUT2D eigenvalue weighted by atomic mass is 10.0. The van der Waals surface area contributed by atoms with Gasteiger partial charge in [-0.3, -0.25) is 25.2 Å². The Morgan fingerprint density at radius 1 is 0.871 bits per heavy atom. The van der Waals surface area contributed by atoms with Crippen LogP contribution in [-0.4, -0.2) is 23.8 Å². The van der Waals surface area contributed by atoms with Crippen molar-refractivity contribution < 1.29 is 18.8 Å². The van der Waals surface area contributed by atoms with Gasteiger partial charge in [-0.1, -0.05) is 36.4 Å². The normalized spacial score (nSPS) is 17.7. The van der Waals surface area contributed by atoms with E-state index in [1.54, 1.807) is 24.3 Å². The molecule has 1 aromatic heterocycles. The number of hydrogen-bond acceptors (Lipinski definition) is 6. The zero-order valence-electron chi connectivity index (χ0n) is 16.4. The van der Waals surface area contributed by atoms with E-state index in [2.05, 4.69) is 27.0 Å². The summed E-state index contributed by atoms with van der Waals surface area (Å²) in [6, 6.07) is 18.8. The van der Waals surface area contributed by atoms with Crippen molar-refractivity contribution in [3.8, 4) is 0 Å². The number of carbonyl (C=O) groups is 3. The molecule has 2 heterocycles. The van der Waals surface area contributed by atoms with Crippen molar-refractivity contribution in [2.45, 2.75) is 18.5 Å². The first-order chi connectivity index (χ1) is 15.1. The number of amides is 3. The van der Waals surface area contributed by atoms with Crippen molar-refractivity contribution in [1.29, 1.82) is 0 Å². The quantitative estimate of drug-likeness (QED) is 0.403. The second-order valence-electron chi connectivity index (χ2n) is 7.00. The van der Waals surface area contributed by atoms with Gasteiger partial charge in [-0.2, -0.15) is 0 Å². The third kappa shape index (κ3) is 4.97. The smallest absolute Gasteiger partial charge is 0.291 e. The molecule has 1 aliphatic rings. The standard InChI is InChI=1S/C22H21N5O4/c28-20(15-8-4-9-16(12-15)23-22(30)19-10-5-11-31-19)26-27-21(29)18-13-17(24-25-18)14-6-2-1-3-7-14/h1-12,17-18,24-25H,13H2,(H,23,30)(H,26,28)(H,27,29). The second-order valence-corrected chi connectivity index (χ2v) is 7.00. The van der Waals surface area contributed by atoms with E-state index in [4.69, 9.17) is 4.42 Å². The number of hydrogen-bond donors (Lipinski definition) is 5. The van der Waals surface area contributed by atoms with Gasteiger partial charge in [0.25, 0.3) is 17.7 Å². The highest BCUT2D eigenvalue weighted by Crippen LogP contribution is 2.21. The van der Waals surface area contributed by atoms with Gasteiger partial charge in [0.05, 0.1) is 6.26 Å². The Hall–Kier alpha value is -3.95. The van der Waals surface area contributed by atoms with Crippen LogP contribution in [0, 0.1) is 0 Å². The van der Waals surface area contributed by atoms with Gasteiger partial charge in [-0.15, -0.1) is 0 Å². The first kappa shape index (κ1) is 20.3. The minimum atomic E-state index is -0.506. The second kappa shape index (κ2) is 9.24. The molecule has 158 valence electrons. The summed E-state index contributed by atoms with van der Waals surface area (Å²) in [6.07, 6.45) is 1.94. The highest BCUT2D eigenvalue weighted by atomic mass is 16.3. The first-order valence-corrected chi connectivity index (χ1v) is 9.71. The number of anilines is 1. The Balaban J connectivity index is 1.30. The molecule has 2 aromatic carbocycles. The number of nitrogens with one attached hydrogen (secondary N) is 5. The number of carbonyl (C=O) groups excluding carboxylic acids is 3. The van der Waals surface area contributed by atoms with Crippen LogP contribution in [0.5, 0.6) is 0 Å². The molecular formula is C22H21N5O4. The number of furan rings is 1. The van der Waals surface area contributed by atoms with Gasteiger partial charge >= 0.3 is 0 Å². The van der Waals surface area contributed by atoms with E-state index in [0.29, 0.717) is 12.1 Å². The van der Waals surface area contributed by atoms with Crippen LogP contribution in [0.1, 0.15) is 38.9 Å². The molecule has 5 N–H and O–H groups in total. The van der Waals surface area contributed by atoms with Crippen molar-refractivity contribution >= 4 is 23.4 Å². The van der Waals surface area contributed by atoms with Crippen LogP contribution in [-0.2, 0) is 4.79 Å². The Bertz CT molecular complexity index is 1070. The molecule has 0 aliphatic carbocycles. The third-order valence-corrected chi connectivity index (χ3v) is 4.85. The van der Waals surface area contributed by atoms with Crippen LogP contribution in [0.4, 0.5) is 5.69 Å². The molecule has 3 amide bonds. The molecule has 31 heavy (non-hydrogen) atoms. The van der Waals surface area contributed by atoms with Gasteiger partial charge in [-0.05, 0) is 42.3 Å². The molecule has 1 saturated heterocycles. The van der Waals surface area contributed by atoms with Crippen molar-refractivity contribution in [1.82, 2.24) is 21.7 Å². The van der Waals surface area contributed by atoms with Gasteiger partial charge in [0.2, 0.25) is 0 Å². The van der Waals surface area contributed by atoms with Gasteiger partial charge in [0, 0.05) is 17.3 Å².